The number of nitrogens with zero attached hydrogens (tertiary/aromatic N) is 2. The molecule has 128 valence electrons. The molecular weight excluding hydrogens is 336 g/mol. The number of piperidine rings is 1. The average molecular weight is 359 g/mol. The van der Waals surface area contributed by atoms with Gasteiger partial charge in [0, 0.05) is 37.1 Å². The highest BCUT2D eigenvalue weighted by molar-refractivity contribution is 7.89. The van der Waals surface area contributed by atoms with Gasteiger partial charge in [0.25, 0.3) is 0 Å². The Labute approximate surface area is 143 Å². The Bertz CT molecular complexity index is 634. The molecule has 0 bridgehead atoms. The molecule has 1 aliphatic rings. The van der Waals surface area contributed by atoms with Crippen molar-refractivity contribution in [2.24, 2.45) is 5.92 Å². The van der Waals surface area contributed by atoms with Crippen molar-refractivity contribution in [3.05, 3.63) is 29.3 Å². The third kappa shape index (κ3) is 4.05. The van der Waals surface area contributed by atoms with Gasteiger partial charge in [0.2, 0.25) is 15.9 Å². The summed E-state index contributed by atoms with van der Waals surface area (Å²) in [4.78, 5) is 14.4. The van der Waals surface area contributed by atoms with Crippen LogP contribution in [-0.4, -0.2) is 49.7 Å². The molecule has 0 aromatic heterocycles. The highest BCUT2D eigenvalue weighted by Gasteiger charge is 2.33. The molecular formula is C16H23ClN2O3S. The number of hydrogen-bond acceptors (Lipinski definition) is 3. The molecule has 0 spiro atoms. The van der Waals surface area contributed by atoms with E-state index in [2.05, 4.69) is 0 Å². The first-order valence-corrected chi connectivity index (χ1v) is 9.76. The minimum absolute atomic E-state index is 0.0773. The second-order valence-corrected chi connectivity index (χ2v) is 8.02. The summed E-state index contributed by atoms with van der Waals surface area (Å²) in [7, 11) is -3.51. The van der Waals surface area contributed by atoms with Gasteiger partial charge in [-0.3, -0.25) is 4.79 Å². The lowest BCUT2D eigenvalue weighted by molar-refractivity contribution is -0.136. The average Bonchev–Trinajstić information content (AvgIpc) is 2.56. The number of sulfonamides is 1. The van der Waals surface area contributed by atoms with E-state index in [4.69, 9.17) is 11.6 Å². The van der Waals surface area contributed by atoms with Crippen molar-refractivity contribution in [2.45, 2.75) is 31.6 Å². The van der Waals surface area contributed by atoms with Crippen LogP contribution in [0.15, 0.2) is 29.2 Å². The molecule has 5 nitrogen and oxygen atoms in total. The monoisotopic (exact) mass is 358 g/mol. The Morgan fingerprint density at radius 2 is 1.70 bits per heavy atom. The van der Waals surface area contributed by atoms with Gasteiger partial charge in [-0.05, 0) is 51.0 Å². The van der Waals surface area contributed by atoms with Crippen LogP contribution in [-0.2, 0) is 14.8 Å². The molecule has 2 rings (SSSR count). The molecule has 1 saturated heterocycles. The van der Waals surface area contributed by atoms with Crippen molar-refractivity contribution in [3.8, 4) is 0 Å². The molecule has 7 heteroatoms. The summed E-state index contributed by atoms with van der Waals surface area (Å²) < 4.78 is 26.7. The van der Waals surface area contributed by atoms with Crippen LogP contribution < -0.4 is 0 Å². The number of hydrogen-bond donors (Lipinski definition) is 0. The fourth-order valence-electron chi connectivity index (χ4n) is 2.89. The van der Waals surface area contributed by atoms with Gasteiger partial charge in [0.1, 0.15) is 0 Å². The van der Waals surface area contributed by atoms with Crippen LogP contribution in [0.1, 0.15) is 26.7 Å². The first kappa shape index (κ1) is 18.2. The van der Waals surface area contributed by atoms with E-state index in [1.807, 2.05) is 18.7 Å². The highest BCUT2D eigenvalue weighted by Crippen LogP contribution is 2.25. The maximum absolute atomic E-state index is 12.6. The maximum atomic E-state index is 12.6. The Morgan fingerprint density at radius 3 is 2.17 bits per heavy atom. The van der Waals surface area contributed by atoms with Gasteiger partial charge in [0.15, 0.2) is 0 Å². The van der Waals surface area contributed by atoms with Crippen molar-refractivity contribution in [1.29, 1.82) is 0 Å². The van der Waals surface area contributed by atoms with Gasteiger partial charge >= 0.3 is 0 Å². The van der Waals surface area contributed by atoms with E-state index in [1.165, 1.54) is 16.4 Å². The number of benzene rings is 1. The molecule has 0 unspecified atom stereocenters. The van der Waals surface area contributed by atoms with E-state index < -0.39 is 10.0 Å². The SMILES string of the molecule is CCN(CC)C(=O)C1CCN(S(=O)(=O)c2ccc(Cl)cc2)CC1. The van der Waals surface area contributed by atoms with E-state index >= 15 is 0 Å². The van der Waals surface area contributed by atoms with Crippen LogP contribution in [0.3, 0.4) is 0 Å². The van der Waals surface area contributed by atoms with Crippen LogP contribution in [0.25, 0.3) is 0 Å². The third-order valence-electron chi connectivity index (χ3n) is 4.33. The lowest BCUT2D eigenvalue weighted by Gasteiger charge is -2.33. The van der Waals surface area contributed by atoms with Crippen LogP contribution in [0, 0.1) is 5.92 Å². The summed E-state index contributed by atoms with van der Waals surface area (Å²) in [6, 6.07) is 6.19. The van der Waals surface area contributed by atoms with Crippen molar-refractivity contribution in [1.82, 2.24) is 9.21 Å². The molecule has 1 amide bonds. The van der Waals surface area contributed by atoms with Gasteiger partial charge < -0.3 is 4.90 Å². The molecule has 23 heavy (non-hydrogen) atoms. The molecule has 1 fully saturated rings. The van der Waals surface area contributed by atoms with Crippen molar-refractivity contribution in [3.63, 3.8) is 0 Å². The minimum Gasteiger partial charge on any atom is -0.343 e. The van der Waals surface area contributed by atoms with Crippen molar-refractivity contribution >= 4 is 27.5 Å². The lowest BCUT2D eigenvalue weighted by Crippen LogP contribution is -2.44. The van der Waals surface area contributed by atoms with Crippen LogP contribution in [0.5, 0.6) is 0 Å². The summed E-state index contributed by atoms with van der Waals surface area (Å²) in [5.41, 5.74) is 0. The number of amides is 1. The predicted molar refractivity (Wildman–Crippen MR) is 90.9 cm³/mol. The van der Waals surface area contributed by atoms with E-state index in [9.17, 15) is 13.2 Å². The highest BCUT2D eigenvalue weighted by atomic mass is 35.5. The summed E-state index contributed by atoms with van der Waals surface area (Å²) in [5.74, 6) is 0.0603. The fourth-order valence-corrected chi connectivity index (χ4v) is 4.49. The van der Waals surface area contributed by atoms with E-state index in [0.29, 0.717) is 44.0 Å². The second kappa shape index (κ2) is 7.64. The molecule has 1 aliphatic heterocycles. The normalized spacial score (nSPS) is 17.2. The van der Waals surface area contributed by atoms with Crippen molar-refractivity contribution < 1.29 is 13.2 Å². The molecule has 0 atom stereocenters. The number of rotatable bonds is 5. The summed E-state index contributed by atoms with van der Waals surface area (Å²) in [5, 5.41) is 0.507. The van der Waals surface area contributed by atoms with Crippen LogP contribution in [0.4, 0.5) is 0 Å². The molecule has 0 aliphatic carbocycles. The summed E-state index contributed by atoms with van der Waals surface area (Å²) >= 11 is 5.81. The van der Waals surface area contributed by atoms with Gasteiger partial charge in [-0.1, -0.05) is 11.6 Å². The summed E-state index contributed by atoms with van der Waals surface area (Å²) in [6.07, 6.45) is 1.14. The molecule has 1 heterocycles. The van der Waals surface area contributed by atoms with Crippen molar-refractivity contribution in [2.75, 3.05) is 26.2 Å². The maximum Gasteiger partial charge on any atom is 0.243 e. The zero-order valence-electron chi connectivity index (χ0n) is 13.5. The van der Waals surface area contributed by atoms with Gasteiger partial charge in [-0.2, -0.15) is 4.31 Å². The van der Waals surface area contributed by atoms with Gasteiger partial charge in [-0.25, -0.2) is 8.42 Å². The fraction of sp³-hybridized carbons (Fsp3) is 0.562. The first-order chi connectivity index (χ1) is 10.9. The Morgan fingerprint density at radius 1 is 1.17 bits per heavy atom. The second-order valence-electron chi connectivity index (χ2n) is 5.64. The molecule has 0 radical (unpaired) electrons. The zero-order valence-corrected chi connectivity index (χ0v) is 15.1. The van der Waals surface area contributed by atoms with Gasteiger partial charge in [0.05, 0.1) is 4.90 Å². The van der Waals surface area contributed by atoms with E-state index in [0.717, 1.165) is 0 Å². The quantitative estimate of drug-likeness (QED) is 0.813. The lowest BCUT2D eigenvalue weighted by atomic mass is 9.96. The molecule has 0 saturated carbocycles. The van der Waals surface area contributed by atoms with E-state index in [1.54, 1.807) is 12.1 Å². The predicted octanol–water partition coefficient (Wildman–Crippen LogP) is 2.61. The van der Waals surface area contributed by atoms with Crippen LogP contribution >= 0.6 is 11.6 Å². The summed E-state index contributed by atoms with van der Waals surface area (Å²) in [6.45, 7) is 6.06. The topological polar surface area (TPSA) is 57.7 Å². The third-order valence-corrected chi connectivity index (χ3v) is 6.49. The largest absolute Gasteiger partial charge is 0.343 e. The Balaban J connectivity index is 2.03. The standard InChI is InChI=1S/C16H23ClN2O3S/c1-3-18(4-2)16(20)13-9-11-19(12-10-13)23(21,22)15-7-5-14(17)6-8-15/h5-8,13H,3-4,9-12H2,1-2H3. The minimum atomic E-state index is -3.51. The van der Waals surface area contributed by atoms with Gasteiger partial charge in [-0.15, -0.1) is 0 Å². The Kier molecular flexibility index (Phi) is 6.06. The molecule has 0 N–H and O–H groups in total. The molecule has 1 aromatic carbocycles. The number of carbonyl (C=O) groups excluding carboxylic acids is 1. The zero-order chi connectivity index (χ0) is 17.0. The smallest absolute Gasteiger partial charge is 0.243 e. The Hall–Kier alpha value is -1.11. The first-order valence-electron chi connectivity index (χ1n) is 7.94. The molecule has 1 aromatic rings. The number of halogens is 1. The van der Waals surface area contributed by atoms with E-state index in [-0.39, 0.29) is 16.7 Å². The number of carbonyl (C=O) groups is 1. The van der Waals surface area contributed by atoms with Crippen LogP contribution in [0.2, 0.25) is 5.02 Å².